The molecule has 0 aliphatic carbocycles. The summed E-state index contributed by atoms with van der Waals surface area (Å²) in [4.78, 5) is 9.13. The molecule has 0 saturated carbocycles. The number of hydrogen-bond donors (Lipinski definition) is 2. The lowest BCUT2D eigenvalue weighted by Gasteiger charge is -2.06. The van der Waals surface area contributed by atoms with Gasteiger partial charge in [0.2, 0.25) is 9.84 Å². The molecule has 0 saturated heterocycles. The maximum absolute atomic E-state index is 13.2. The minimum Gasteiger partial charge on any atom is -0.507 e. The second-order valence-electron chi connectivity index (χ2n) is 10.0. The van der Waals surface area contributed by atoms with E-state index in [1.807, 2.05) is 24.3 Å². The largest absolute Gasteiger partial charge is 0.507 e. The van der Waals surface area contributed by atoms with Crippen molar-refractivity contribution in [2.24, 2.45) is 9.98 Å². The van der Waals surface area contributed by atoms with Crippen LogP contribution in [0.25, 0.3) is 0 Å². The summed E-state index contributed by atoms with van der Waals surface area (Å²) >= 11 is 0. The summed E-state index contributed by atoms with van der Waals surface area (Å²) in [5, 5.41) is 20.5. The van der Waals surface area contributed by atoms with E-state index in [4.69, 9.17) is 0 Å². The minimum absolute atomic E-state index is 0.151. The van der Waals surface area contributed by atoms with Crippen LogP contribution >= 0.6 is 0 Å². The van der Waals surface area contributed by atoms with Crippen LogP contribution in [0.5, 0.6) is 11.5 Å². The highest BCUT2D eigenvalue weighted by Gasteiger charge is 2.17. The Morgan fingerprint density at radius 3 is 1.61 bits per heavy atom. The van der Waals surface area contributed by atoms with E-state index in [1.54, 1.807) is 48.8 Å². The molecule has 7 heteroatoms. The third-order valence-electron chi connectivity index (χ3n) is 6.82. The lowest BCUT2D eigenvalue weighted by Crippen LogP contribution is -2.01. The van der Waals surface area contributed by atoms with Crippen LogP contribution in [0.15, 0.2) is 105 Å². The molecule has 0 spiro atoms. The van der Waals surface area contributed by atoms with Crippen molar-refractivity contribution < 1.29 is 18.6 Å². The third-order valence-corrected chi connectivity index (χ3v) is 8.61. The van der Waals surface area contributed by atoms with Crippen molar-refractivity contribution in [3.63, 3.8) is 0 Å². The fourth-order valence-electron chi connectivity index (χ4n) is 4.33. The molecule has 2 N–H and O–H groups in total. The molecular formula is C34H36N2O4S. The molecule has 6 nitrogen and oxygen atoms in total. The van der Waals surface area contributed by atoms with Gasteiger partial charge in [-0.1, -0.05) is 38.8 Å². The van der Waals surface area contributed by atoms with E-state index in [1.165, 1.54) is 24.3 Å². The fraction of sp³-hybridized carbons (Fsp3) is 0.235. The zero-order valence-corrected chi connectivity index (χ0v) is 24.3. The van der Waals surface area contributed by atoms with Crippen LogP contribution in [0.1, 0.15) is 61.8 Å². The number of aromatic hydroxyl groups is 2. The molecule has 212 valence electrons. The first-order valence-electron chi connectivity index (χ1n) is 14.0. The Kier molecular flexibility index (Phi) is 10.1. The van der Waals surface area contributed by atoms with Gasteiger partial charge in [0.05, 0.1) is 21.2 Å². The van der Waals surface area contributed by atoms with E-state index < -0.39 is 9.84 Å². The monoisotopic (exact) mass is 568 g/mol. The maximum atomic E-state index is 13.2. The Balaban J connectivity index is 1.43. The zero-order chi connectivity index (χ0) is 29.2. The summed E-state index contributed by atoms with van der Waals surface area (Å²) in [6.45, 7) is 4.27. The molecule has 0 aliphatic rings. The van der Waals surface area contributed by atoms with Gasteiger partial charge < -0.3 is 10.2 Å². The summed E-state index contributed by atoms with van der Waals surface area (Å²) in [7, 11) is -3.73. The van der Waals surface area contributed by atoms with Gasteiger partial charge in [0.1, 0.15) is 11.5 Å². The summed E-state index contributed by atoms with van der Waals surface area (Å²) in [6.07, 6.45) is 9.36. The van der Waals surface area contributed by atoms with Crippen LogP contribution in [0.3, 0.4) is 0 Å². The molecule has 0 unspecified atom stereocenters. The number of nitrogens with zero attached hydrogens (tertiary/aromatic N) is 2. The number of aryl methyl sites for hydroxylation is 2. The molecule has 0 bridgehead atoms. The summed E-state index contributed by atoms with van der Waals surface area (Å²) < 4.78 is 26.4. The Labute approximate surface area is 242 Å². The highest BCUT2D eigenvalue weighted by molar-refractivity contribution is 7.91. The number of aliphatic imine (C=N–C) groups is 2. The molecule has 0 amide bonds. The molecule has 4 aromatic carbocycles. The van der Waals surface area contributed by atoms with Crippen LogP contribution in [0, 0.1) is 0 Å². The van der Waals surface area contributed by atoms with Gasteiger partial charge >= 0.3 is 0 Å². The Morgan fingerprint density at radius 2 is 1.10 bits per heavy atom. The van der Waals surface area contributed by atoms with Crippen molar-refractivity contribution in [1.82, 2.24) is 0 Å². The van der Waals surface area contributed by atoms with Crippen molar-refractivity contribution in [2.45, 2.75) is 62.2 Å². The average molecular weight is 569 g/mol. The highest BCUT2D eigenvalue weighted by Crippen LogP contribution is 2.26. The van der Waals surface area contributed by atoms with Gasteiger partial charge in [-0.3, -0.25) is 9.98 Å². The van der Waals surface area contributed by atoms with E-state index >= 15 is 0 Å². The van der Waals surface area contributed by atoms with Gasteiger partial charge in [-0.2, -0.15) is 0 Å². The molecule has 0 radical (unpaired) electrons. The number of sulfone groups is 1. The van der Waals surface area contributed by atoms with Crippen molar-refractivity contribution >= 4 is 33.6 Å². The van der Waals surface area contributed by atoms with Gasteiger partial charge in [0.15, 0.2) is 0 Å². The molecule has 0 heterocycles. The van der Waals surface area contributed by atoms with Crippen LogP contribution in [-0.2, 0) is 22.7 Å². The molecule has 0 atom stereocenters. The molecule has 4 rings (SSSR count). The second kappa shape index (κ2) is 13.9. The summed E-state index contributed by atoms with van der Waals surface area (Å²) in [5.74, 6) is 0.324. The topological polar surface area (TPSA) is 99.3 Å². The minimum atomic E-state index is -3.73. The van der Waals surface area contributed by atoms with Gasteiger partial charge in [-0.05, 0) is 110 Å². The van der Waals surface area contributed by atoms with Gasteiger partial charge in [-0.15, -0.1) is 0 Å². The first kappa shape index (κ1) is 29.7. The van der Waals surface area contributed by atoms with Crippen LogP contribution < -0.4 is 0 Å². The predicted octanol–water partition coefficient (Wildman–Crippen LogP) is 8.12. The molecular weight excluding hydrogens is 532 g/mol. The first-order valence-corrected chi connectivity index (χ1v) is 15.5. The van der Waals surface area contributed by atoms with E-state index in [9.17, 15) is 18.6 Å². The van der Waals surface area contributed by atoms with E-state index in [0.29, 0.717) is 22.5 Å². The van der Waals surface area contributed by atoms with Crippen molar-refractivity contribution in [1.29, 1.82) is 0 Å². The van der Waals surface area contributed by atoms with E-state index in [0.717, 1.165) is 49.7 Å². The molecule has 4 aromatic rings. The van der Waals surface area contributed by atoms with Crippen LogP contribution in [0.4, 0.5) is 11.4 Å². The number of benzene rings is 4. The number of unbranched alkanes of at least 4 members (excludes halogenated alkanes) is 2. The molecule has 0 aromatic heterocycles. The quantitative estimate of drug-likeness (QED) is 0.169. The number of phenolic OH excluding ortho intramolecular Hbond substituents is 2. The zero-order valence-electron chi connectivity index (χ0n) is 23.5. The molecule has 0 aliphatic heterocycles. The maximum Gasteiger partial charge on any atom is 0.206 e. The number of hydrogen-bond acceptors (Lipinski definition) is 6. The number of phenols is 2. The van der Waals surface area contributed by atoms with Crippen LogP contribution in [-0.4, -0.2) is 31.1 Å². The fourth-order valence-corrected chi connectivity index (χ4v) is 5.59. The summed E-state index contributed by atoms with van der Waals surface area (Å²) in [6, 6.07) is 23.7. The highest BCUT2D eigenvalue weighted by atomic mass is 32.2. The standard InChI is InChI=1S/C34H36N2O4S/c1-3-5-7-25-10-20-33(37)28(21-25)24-36-30-14-18-32(19-15-30)41(39,40)31-16-12-29(13-17-31)35-23-27-11-9-26(8-6-4-2)22-34(27)38/h9-24,37-38H,3-8H2,1-2H3. The van der Waals surface area contributed by atoms with Crippen LogP contribution in [0.2, 0.25) is 0 Å². The SMILES string of the molecule is CCCCc1ccc(C=Nc2ccc(S(=O)(=O)c3ccc(N=Cc4cc(CCCC)ccc4O)cc3)cc2)c(O)c1. The lowest BCUT2D eigenvalue weighted by atomic mass is 10.1. The molecule has 41 heavy (non-hydrogen) atoms. The lowest BCUT2D eigenvalue weighted by molar-refractivity contribution is 0.473. The normalized spacial score (nSPS) is 12.0. The van der Waals surface area contributed by atoms with Crippen molar-refractivity contribution in [3.05, 3.63) is 107 Å². The van der Waals surface area contributed by atoms with E-state index in [-0.39, 0.29) is 21.3 Å². The Morgan fingerprint density at radius 1 is 0.610 bits per heavy atom. The van der Waals surface area contributed by atoms with Gasteiger partial charge in [0, 0.05) is 23.6 Å². The average Bonchev–Trinajstić information content (AvgIpc) is 2.99. The Hall–Kier alpha value is -4.23. The van der Waals surface area contributed by atoms with Crippen molar-refractivity contribution in [2.75, 3.05) is 0 Å². The molecule has 0 fully saturated rings. The van der Waals surface area contributed by atoms with Gasteiger partial charge in [-0.25, -0.2) is 8.42 Å². The predicted molar refractivity (Wildman–Crippen MR) is 166 cm³/mol. The van der Waals surface area contributed by atoms with Crippen molar-refractivity contribution in [3.8, 4) is 11.5 Å². The smallest absolute Gasteiger partial charge is 0.206 e. The van der Waals surface area contributed by atoms with Gasteiger partial charge in [0.25, 0.3) is 0 Å². The third kappa shape index (κ3) is 7.92. The Bertz CT molecular complexity index is 1620. The first-order chi connectivity index (χ1) is 19.8. The van der Waals surface area contributed by atoms with E-state index in [2.05, 4.69) is 23.8 Å². The number of rotatable bonds is 12. The second-order valence-corrected chi connectivity index (χ2v) is 12.0. The summed E-state index contributed by atoms with van der Waals surface area (Å²) in [5.41, 5.74) is 4.60.